The highest BCUT2D eigenvalue weighted by atomic mass is 32.2. The number of nitrogens with one attached hydrogen (secondary N) is 4. The minimum atomic E-state index is -3.63. The first kappa shape index (κ1) is 44.9. The van der Waals surface area contributed by atoms with Crippen molar-refractivity contribution >= 4 is 45.5 Å². The molecule has 2 aliphatic carbocycles. The monoisotopic (exact) mass is 828 g/mol. The summed E-state index contributed by atoms with van der Waals surface area (Å²) in [5, 5.41) is 11.2. The summed E-state index contributed by atoms with van der Waals surface area (Å²) in [5.74, 6) is -3.09. The van der Waals surface area contributed by atoms with E-state index in [0.717, 1.165) is 43.2 Å². The van der Waals surface area contributed by atoms with Crippen LogP contribution in [0.5, 0.6) is 0 Å². The molecule has 2 saturated carbocycles. The summed E-state index contributed by atoms with van der Waals surface area (Å²) in [7, 11) is -3.63. The van der Waals surface area contributed by atoms with Gasteiger partial charge in [-0.25, -0.2) is 18.0 Å². The van der Waals surface area contributed by atoms with Gasteiger partial charge in [0.05, 0.1) is 28.6 Å². The zero-order valence-electron chi connectivity index (χ0n) is 35.3. The third-order valence-corrected chi connectivity index (χ3v) is 14.6. The Kier molecular flexibility index (Phi) is 13.9. The highest BCUT2D eigenvalue weighted by Crippen LogP contribution is 2.33. The van der Waals surface area contributed by atoms with E-state index >= 15 is 0 Å². The third kappa shape index (κ3) is 11.1. The Morgan fingerprint density at radius 3 is 2.19 bits per heavy atom. The molecule has 322 valence electrons. The van der Waals surface area contributed by atoms with Crippen molar-refractivity contribution in [2.24, 2.45) is 5.41 Å². The van der Waals surface area contributed by atoms with Crippen molar-refractivity contribution in [3.8, 4) is 0 Å². The second-order valence-electron chi connectivity index (χ2n) is 18.8. The number of sulfone groups is 1. The van der Waals surface area contributed by atoms with Crippen LogP contribution in [-0.4, -0.2) is 113 Å². The fourth-order valence-electron chi connectivity index (χ4n) is 8.05. The Balaban J connectivity index is 1.37. The van der Waals surface area contributed by atoms with E-state index in [4.69, 9.17) is 4.74 Å². The molecule has 15 nitrogen and oxygen atoms in total. The summed E-state index contributed by atoms with van der Waals surface area (Å²) in [5.41, 5.74) is 0.228. The SMILES string of the molecule is CCCC(NC(=O)C1CC(OC(=O)N2CCc3ccccc3C2)CN1C(=O)C(NC(=O)NC1(CS(=O)(=O)C(C)(C)C)CCCCC1)C(C)(C)C)C(=O)C(=O)NC1CC1. The summed E-state index contributed by atoms with van der Waals surface area (Å²) in [6.07, 6.45) is 4.64. The number of Topliss-reactive ketones (excluding diaryl/α,β-unsaturated/α-hetero) is 1. The van der Waals surface area contributed by atoms with Gasteiger partial charge in [0.25, 0.3) is 5.91 Å². The lowest BCUT2D eigenvalue weighted by atomic mass is 9.83. The van der Waals surface area contributed by atoms with Crippen LogP contribution < -0.4 is 21.3 Å². The van der Waals surface area contributed by atoms with Crippen LogP contribution in [0.15, 0.2) is 24.3 Å². The number of hydrogen-bond acceptors (Lipinski definition) is 9. The molecule has 16 heteroatoms. The van der Waals surface area contributed by atoms with Gasteiger partial charge in [-0.15, -0.1) is 0 Å². The highest BCUT2D eigenvalue weighted by Gasteiger charge is 2.48. The number of carbonyl (C=O) groups excluding carboxylic acids is 6. The molecule has 3 fully saturated rings. The van der Waals surface area contributed by atoms with Gasteiger partial charge in [-0.05, 0) is 75.8 Å². The number of carbonyl (C=O) groups is 6. The second-order valence-corrected chi connectivity index (χ2v) is 21.5. The van der Waals surface area contributed by atoms with E-state index in [1.165, 1.54) is 4.90 Å². The molecule has 0 bridgehead atoms. The minimum Gasteiger partial charge on any atom is -0.444 e. The van der Waals surface area contributed by atoms with E-state index in [2.05, 4.69) is 21.3 Å². The summed E-state index contributed by atoms with van der Waals surface area (Å²) in [4.78, 5) is 85.3. The number of hydrogen-bond donors (Lipinski definition) is 4. The maximum atomic E-state index is 14.8. The molecule has 1 saturated heterocycles. The molecule has 4 atom stereocenters. The minimum absolute atomic E-state index is 0.0592. The first-order chi connectivity index (χ1) is 27.1. The zero-order valence-corrected chi connectivity index (χ0v) is 36.1. The van der Waals surface area contributed by atoms with Crippen molar-refractivity contribution in [3.63, 3.8) is 0 Å². The van der Waals surface area contributed by atoms with Crippen molar-refractivity contribution in [2.75, 3.05) is 18.8 Å². The highest BCUT2D eigenvalue weighted by molar-refractivity contribution is 7.92. The quantitative estimate of drug-likeness (QED) is 0.213. The van der Waals surface area contributed by atoms with Crippen molar-refractivity contribution < 1.29 is 41.9 Å². The van der Waals surface area contributed by atoms with Crippen LogP contribution in [0.25, 0.3) is 0 Å². The second kappa shape index (κ2) is 18.0. The number of benzene rings is 1. The largest absolute Gasteiger partial charge is 0.444 e. The zero-order chi connectivity index (χ0) is 42.6. The predicted molar refractivity (Wildman–Crippen MR) is 218 cm³/mol. The Bertz CT molecular complexity index is 1830. The fraction of sp³-hybridized carbons (Fsp3) is 0.714. The maximum Gasteiger partial charge on any atom is 0.410 e. The van der Waals surface area contributed by atoms with Gasteiger partial charge in [0.15, 0.2) is 9.84 Å². The number of ether oxygens (including phenoxy) is 1. The first-order valence-corrected chi connectivity index (χ1v) is 22.6. The number of ketones is 1. The molecule has 2 aliphatic heterocycles. The van der Waals surface area contributed by atoms with E-state index in [-0.39, 0.29) is 31.2 Å². The van der Waals surface area contributed by atoms with Crippen LogP contribution in [0.4, 0.5) is 9.59 Å². The van der Waals surface area contributed by atoms with Crippen molar-refractivity contribution in [2.45, 2.75) is 166 Å². The van der Waals surface area contributed by atoms with Gasteiger partial charge < -0.3 is 35.8 Å². The summed E-state index contributed by atoms with van der Waals surface area (Å²) in [6, 6.07) is 3.54. The lowest BCUT2D eigenvalue weighted by Crippen LogP contribution is -2.63. The Labute approximate surface area is 343 Å². The molecular weight excluding hydrogens is 765 g/mol. The molecular formula is C42H64N6O9S. The van der Waals surface area contributed by atoms with Gasteiger partial charge in [-0.3, -0.25) is 19.2 Å². The lowest BCUT2D eigenvalue weighted by Gasteiger charge is -2.41. The number of likely N-dealkylation sites (tertiary alicyclic amines) is 1. The average Bonchev–Trinajstić information content (AvgIpc) is 3.87. The normalized spacial score (nSPS) is 21.8. The van der Waals surface area contributed by atoms with Crippen LogP contribution in [0.2, 0.25) is 0 Å². The first-order valence-electron chi connectivity index (χ1n) is 20.9. The van der Waals surface area contributed by atoms with Crippen LogP contribution in [-0.2, 0) is 46.7 Å². The Hall–Kier alpha value is -4.21. The van der Waals surface area contributed by atoms with Crippen molar-refractivity contribution in [1.29, 1.82) is 0 Å². The number of amides is 6. The number of fused-ring (bicyclic) bond motifs is 1. The molecule has 1 aromatic rings. The van der Waals surface area contributed by atoms with E-state index < -0.39 is 85.4 Å². The molecule has 6 amide bonds. The molecule has 1 aromatic carbocycles. The van der Waals surface area contributed by atoms with Crippen LogP contribution in [0.1, 0.15) is 124 Å². The number of rotatable bonds is 13. The van der Waals surface area contributed by atoms with Gasteiger partial charge in [0, 0.05) is 25.6 Å². The van der Waals surface area contributed by atoms with Crippen molar-refractivity contribution in [1.82, 2.24) is 31.1 Å². The lowest BCUT2D eigenvalue weighted by molar-refractivity contribution is -0.144. The standard InChI is InChI=1S/C42H64N6O9S/c1-8-14-31(33(49)36(51)43-29-17-18-29)44-35(50)32-23-30(57-39(54)47-22-19-27-15-10-11-16-28(27)24-47)25-48(32)37(52)34(40(2,3)4)45-38(53)46-42(20-12-9-13-21-42)26-58(55,56)41(5,6)7/h10-11,15-16,29-32,34H,8-9,12-14,17-26H2,1-7H3,(H,43,51)(H,44,50)(H2,45,46,53). The van der Waals surface area contributed by atoms with Gasteiger partial charge in [-0.1, -0.05) is 77.6 Å². The number of nitrogens with zero attached hydrogens (tertiary/aromatic N) is 2. The van der Waals surface area contributed by atoms with Gasteiger partial charge >= 0.3 is 12.1 Å². The fourth-order valence-corrected chi connectivity index (χ4v) is 9.57. The summed E-state index contributed by atoms with van der Waals surface area (Å²) < 4.78 is 31.8. The molecule has 2 heterocycles. The average molecular weight is 829 g/mol. The van der Waals surface area contributed by atoms with Crippen LogP contribution >= 0.6 is 0 Å². The van der Waals surface area contributed by atoms with Crippen molar-refractivity contribution in [3.05, 3.63) is 35.4 Å². The molecule has 5 rings (SSSR count). The maximum absolute atomic E-state index is 14.8. The topological polar surface area (TPSA) is 200 Å². The summed E-state index contributed by atoms with van der Waals surface area (Å²) >= 11 is 0. The molecule has 0 spiro atoms. The van der Waals surface area contributed by atoms with E-state index in [1.54, 1.807) is 46.4 Å². The molecule has 0 aromatic heterocycles. The van der Waals surface area contributed by atoms with Crippen LogP contribution in [0.3, 0.4) is 0 Å². The van der Waals surface area contributed by atoms with E-state index in [1.807, 2.05) is 31.2 Å². The molecule has 4 unspecified atom stereocenters. The molecule has 4 aliphatic rings. The van der Waals surface area contributed by atoms with Gasteiger partial charge in [0.2, 0.25) is 17.6 Å². The Morgan fingerprint density at radius 1 is 0.931 bits per heavy atom. The van der Waals surface area contributed by atoms with Gasteiger partial charge in [0.1, 0.15) is 18.2 Å². The summed E-state index contributed by atoms with van der Waals surface area (Å²) in [6.45, 7) is 12.6. The molecule has 58 heavy (non-hydrogen) atoms. The van der Waals surface area contributed by atoms with Gasteiger partial charge in [-0.2, -0.15) is 0 Å². The van der Waals surface area contributed by atoms with E-state index in [0.29, 0.717) is 38.8 Å². The Morgan fingerprint density at radius 2 is 1.59 bits per heavy atom. The smallest absolute Gasteiger partial charge is 0.410 e. The number of urea groups is 1. The predicted octanol–water partition coefficient (Wildman–Crippen LogP) is 3.91. The molecule has 4 N–H and O–H groups in total. The third-order valence-electron chi connectivity index (χ3n) is 11.8. The van der Waals surface area contributed by atoms with Crippen LogP contribution in [0, 0.1) is 5.41 Å². The molecule has 0 radical (unpaired) electrons. The van der Waals surface area contributed by atoms with E-state index in [9.17, 15) is 37.2 Å².